The van der Waals surface area contributed by atoms with Gasteiger partial charge in [0.05, 0.1) is 12.4 Å². The zero-order chi connectivity index (χ0) is 22.4. The molecule has 0 unspecified atom stereocenters. The SMILES string of the molecule is C[C@@H](NS(=O)(=O)CCCCCn1ncc(=O)[nH]c1=O)c1ccc(F)c(OCC2CC2)c1. The quantitative estimate of drug-likeness (QED) is 0.471. The third-order valence-electron chi connectivity index (χ3n) is 5.04. The average molecular weight is 455 g/mol. The Bertz CT molecular complexity index is 1110. The summed E-state index contributed by atoms with van der Waals surface area (Å²) >= 11 is 0. The summed E-state index contributed by atoms with van der Waals surface area (Å²) in [5, 5.41) is 3.73. The highest BCUT2D eigenvalue weighted by molar-refractivity contribution is 7.89. The highest BCUT2D eigenvalue weighted by atomic mass is 32.2. The molecule has 2 N–H and O–H groups in total. The number of hydrogen-bond acceptors (Lipinski definition) is 6. The molecular formula is C20H27FN4O5S. The van der Waals surface area contributed by atoms with Crippen LogP contribution >= 0.6 is 0 Å². The van der Waals surface area contributed by atoms with Crippen molar-refractivity contribution < 1.29 is 17.5 Å². The topological polar surface area (TPSA) is 123 Å². The molecule has 1 saturated carbocycles. The second-order valence-corrected chi connectivity index (χ2v) is 9.70. The van der Waals surface area contributed by atoms with Crippen molar-refractivity contribution in [2.75, 3.05) is 12.4 Å². The summed E-state index contributed by atoms with van der Waals surface area (Å²) in [4.78, 5) is 24.7. The minimum absolute atomic E-state index is 0.0719. The van der Waals surface area contributed by atoms with Gasteiger partial charge in [0, 0.05) is 12.6 Å². The molecule has 3 rings (SSSR count). The van der Waals surface area contributed by atoms with Gasteiger partial charge in [0.1, 0.15) is 6.20 Å². The zero-order valence-corrected chi connectivity index (χ0v) is 18.2. The van der Waals surface area contributed by atoms with E-state index in [-0.39, 0.29) is 11.5 Å². The van der Waals surface area contributed by atoms with E-state index in [2.05, 4.69) is 14.8 Å². The number of aromatic nitrogens is 3. The van der Waals surface area contributed by atoms with Gasteiger partial charge in [0.2, 0.25) is 10.0 Å². The van der Waals surface area contributed by atoms with Crippen LogP contribution in [0.4, 0.5) is 4.39 Å². The lowest BCUT2D eigenvalue weighted by Crippen LogP contribution is -2.31. The van der Waals surface area contributed by atoms with E-state index in [0.717, 1.165) is 23.7 Å². The largest absolute Gasteiger partial charge is 0.490 e. The Morgan fingerprint density at radius 2 is 2.06 bits per heavy atom. The maximum atomic E-state index is 13.9. The molecule has 0 bridgehead atoms. The van der Waals surface area contributed by atoms with Crippen molar-refractivity contribution in [1.82, 2.24) is 19.5 Å². The number of halogens is 1. The number of aromatic amines is 1. The molecule has 0 aliphatic heterocycles. The van der Waals surface area contributed by atoms with Crippen molar-refractivity contribution in [1.29, 1.82) is 0 Å². The molecular weight excluding hydrogens is 427 g/mol. The molecule has 31 heavy (non-hydrogen) atoms. The minimum Gasteiger partial charge on any atom is -0.490 e. The Balaban J connectivity index is 1.45. The first-order valence-corrected chi connectivity index (χ1v) is 12.0. The molecule has 1 atom stereocenters. The van der Waals surface area contributed by atoms with Crippen LogP contribution in [0.3, 0.4) is 0 Å². The Hall–Kier alpha value is -2.53. The summed E-state index contributed by atoms with van der Waals surface area (Å²) in [5.41, 5.74) is -0.523. The maximum Gasteiger partial charge on any atom is 0.344 e. The Morgan fingerprint density at radius 3 is 2.77 bits per heavy atom. The maximum absolute atomic E-state index is 13.9. The van der Waals surface area contributed by atoms with Crippen LogP contribution in [0.25, 0.3) is 0 Å². The summed E-state index contributed by atoms with van der Waals surface area (Å²) < 4.78 is 48.0. The van der Waals surface area contributed by atoms with Crippen LogP contribution in [0.15, 0.2) is 34.0 Å². The lowest BCUT2D eigenvalue weighted by molar-refractivity contribution is 0.285. The van der Waals surface area contributed by atoms with Crippen LogP contribution < -0.4 is 20.7 Å². The molecule has 1 fully saturated rings. The number of H-pyrrole nitrogens is 1. The van der Waals surface area contributed by atoms with Gasteiger partial charge < -0.3 is 4.74 Å². The lowest BCUT2D eigenvalue weighted by Gasteiger charge is -2.16. The van der Waals surface area contributed by atoms with Gasteiger partial charge >= 0.3 is 5.69 Å². The molecule has 170 valence electrons. The monoisotopic (exact) mass is 454 g/mol. The number of benzene rings is 1. The molecule has 11 heteroatoms. The molecule has 1 aromatic heterocycles. The predicted octanol–water partition coefficient (Wildman–Crippen LogP) is 1.71. The van der Waals surface area contributed by atoms with E-state index in [1.165, 1.54) is 6.07 Å². The smallest absolute Gasteiger partial charge is 0.344 e. The normalized spacial score (nSPS) is 15.0. The summed E-state index contributed by atoms with van der Waals surface area (Å²) in [5.74, 6) is 0.0898. The Morgan fingerprint density at radius 1 is 1.29 bits per heavy atom. The molecule has 0 spiro atoms. The first-order chi connectivity index (χ1) is 14.7. The van der Waals surface area contributed by atoms with Gasteiger partial charge in [-0.1, -0.05) is 12.5 Å². The number of ether oxygens (including phenoxy) is 1. The van der Waals surface area contributed by atoms with Crippen molar-refractivity contribution in [2.45, 2.75) is 51.6 Å². The van der Waals surface area contributed by atoms with Crippen LogP contribution in [0, 0.1) is 11.7 Å². The molecule has 2 aromatic rings. The van der Waals surface area contributed by atoms with E-state index in [9.17, 15) is 22.4 Å². The third-order valence-corrected chi connectivity index (χ3v) is 6.58. The highest BCUT2D eigenvalue weighted by Gasteiger charge is 2.23. The van der Waals surface area contributed by atoms with Gasteiger partial charge in [0.15, 0.2) is 11.6 Å². The average Bonchev–Trinajstić information content (AvgIpc) is 3.52. The fraction of sp³-hybridized carbons (Fsp3) is 0.550. The second kappa shape index (κ2) is 10.2. The highest BCUT2D eigenvalue weighted by Crippen LogP contribution is 2.31. The molecule has 1 aliphatic rings. The molecule has 1 aliphatic carbocycles. The molecule has 0 amide bonds. The predicted molar refractivity (Wildman–Crippen MR) is 113 cm³/mol. The number of unbranched alkanes of at least 4 members (excludes halogenated alkanes) is 2. The van der Waals surface area contributed by atoms with E-state index < -0.39 is 33.1 Å². The second-order valence-electron chi connectivity index (χ2n) is 7.83. The number of sulfonamides is 1. The van der Waals surface area contributed by atoms with Crippen LogP contribution in [0.5, 0.6) is 5.75 Å². The van der Waals surface area contributed by atoms with Crippen LogP contribution in [-0.4, -0.2) is 35.5 Å². The van der Waals surface area contributed by atoms with Crippen molar-refractivity contribution in [3.8, 4) is 5.75 Å². The molecule has 1 aromatic carbocycles. The molecule has 0 radical (unpaired) electrons. The number of aryl methyl sites for hydroxylation is 1. The van der Waals surface area contributed by atoms with E-state index in [1.54, 1.807) is 19.1 Å². The molecule has 0 saturated heterocycles. The summed E-state index contributed by atoms with van der Waals surface area (Å²) in [6, 6.07) is 3.84. The number of nitrogens with zero attached hydrogens (tertiary/aromatic N) is 2. The summed E-state index contributed by atoms with van der Waals surface area (Å²) in [6.45, 7) is 2.46. The van der Waals surface area contributed by atoms with Crippen LogP contribution in [-0.2, 0) is 16.6 Å². The van der Waals surface area contributed by atoms with E-state index in [0.29, 0.717) is 43.9 Å². The van der Waals surface area contributed by atoms with Crippen LogP contribution in [0.2, 0.25) is 0 Å². The fourth-order valence-electron chi connectivity index (χ4n) is 3.05. The van der Waals surface area contributed by atoms with Gasteiger partial charge in [0.25, 0.3) is 5.56 Å². The van der Waals surface area contributed by atoms with Gasteiger partial charge in [-0.2, -0.15) is 5.10 Å². The first kappa shape index (κ1) is 23.1. The lowest BCUT2D eigenvalue weighted by atomic mass is 10.1. The Labute approximate surface area is 179 Å². The van der Waals surface area contributed by atoms with E-state index >= 15 is 0 Å². The Kier molecular flexibility index (Phi) is 7.60. The summed E-state index contributed by atoms with van der Waals surface area (Å²) in [7, 11) is -3.54. The van der Waals surface area contributed by atoms with Crippen molar-refractivity contribution >= 4 is 10.0 Å². The number of nitrogens with one attached hydrogen (secondary N) is 2. The first-order valence-electron chi connectivity index (χ1n) is 10.3. The van der Waals surface area contributed by atoms with E-state index in [4.69, 9.17) is 4.74 Å². The van der Waals surface area contributed by atoms with E-state index in [1.807, 2.05) is 0 Å². The van der Waals surface area contributed by atoms with Gasteiger partial charge in [-0.15, -0.1) is 0 Å². The molecule has 9 nitrogen and oxygen atoms in total. The standard InChI is InChI=1S/C20H27FN4O5S/c1-14(16-7-8-17(21)18(11-16)30-13-15-5-6-15)24-31(28,29)10-4-2-3-9-25-20(27)23-19(26)12-22-25/h7-8,11-12,14-15,24H,2-6,9-10,13H2,1H3,(H,23,26,27)/t14-/m1/s1. The third kappa shape index (κ3) is 7.28. The number of rotatable bonds is 12. The molecule has 1 heterocycles. The fourth-order valence-corrected chi connectivity index (χ4v) is 4.43. The van der Waals surface area contributed by atoms with Crippen molar-refractivity contribution in [3.05, 3.63) is 56.6 Å². The number of hydrogen-bond donors (Lipinski definition) is 2. The zero-order valence-electron chi connectivity index (χ0n) is 17.3. The van der Waals surface area contributed by atoms with Gasteiger partial charge in [-0.05, 0) is 56.2 Å². The summed E-state index contributed by atoms with van der Waals surface area (Å²) in [6.07, 6.45) is 4.72. The van der Waals surface area contributed by atoms with Crippen molar-refractivity contribution in [2.24, 2.45) is 5.92 Å². The van der Waals surface area contributed by atoms with Gasteiger partial charge in [-0.25, -0.2) is 27.0 Å². The van der Waals surface area contributed by atoms with Crippen molar-refractivity contribution in [3.63, 3.8) is 0 Å². The van der Waals surface area contributed by atoms with Crippen LogP contribution in [0.1, 0.15) is 50.6 Å². The van der Waals surface area contributed by atoms with Gasteiger partial charge in [-0.3, -0.25) is 9.78 Å². The minimum atomic E-state index is -3.54.